The molecule has 0 aliphatic heterocycles. The summed E-state index contributed by atoms with van der Waals surface area (Å²) in [7, 11) is 1.79. The van der Waals surface area contributed by atoms with Crippen LogP contribution in [0, 0.1) is 6.92 Å². The first-order valence-electron chi connectivity index (χ1n) is 6.40. The number of hydrogen-bond acceptors (Lipinski definition) is 4. The fourth-order valence-electron chi connectivity index (χ4n) is 1.87. The third kappa shape index (κ3) is 3.22. The van der Waals surface area contributed by atoms with E-state index in [0.29, 0.717) is 17.7 Å². The number of aryl methyl sites for hydroxylation is 1. The highest BCUT2D eigenvalue weighted by Gasteiger charge is 2.09. The Balaban J connectivity index is 2.33. The fourth-order valence-corrected chi connectivity index (χ4v) is 1.87. The van der Waals surface area contributed by atoms with E-state index < -0.39 is 0 Å². The fraction of sp³-hybridized carbons (Fsp3) is 0.333. The Morgan fingerprint density at radius 3 is 2.58 bits per heavy atom. The standard InChI is InChI=1S/C15H19N3O/c1-10(2)12-7-5-6-8-13(12)19-14-9-11(3)17-15(16-4)18-14/h5-10H,1-4H3,(H,16,17,18). The lowest BCUT2D eigenvalue weighted by atomic mass is 10.0. The number of aromatic nitrogens is 2. The first kappa shape index (κ1) is 13.3. The minimum Gasteiger partial charge on any atom is -0.439 e. The third-order valence-electron chi connectivity index (χ3n) is 2.81. The summed E-state index contributed by atoms with van der Waals surface area (Å²) >= 11 is 0. The second-order valence-corrected chi connectivity index (χ2v) is 4.72. The number of hydrogen-bond donors (Lipinski definition) is 1. The summed E-state index contributed by atoms with van der Waals surface area (Å²) in [6, 6.07) is 9.86. The number of rotatable bonds is 4. The van der Waals surface area contributed by atoms with Gasteiger partial charge in [-0.05, 0) is 24.5 Å². The Labute approximate surface area is 113 Å². The van der Waals surface area contributed by atoms with Crippen molar-refractivity contribution in [3.8, 4) is 11.6 Å². The van der Waals surface area contributed by atoms with Crippen LogP contribution in [0.3, 0.4) is 0 Å². The molecule has 0 radical (unpaired) electrons. The quantitative estimate of drug-likeness (QED) is 0.906. The van der Waals surface area contributed by atoms with Crippen LogP contribution in [0.4, 0.5) is 5.95 Å². The SMILES string of the molecule is CNc1nc(C)cc(Oc2ccccc2C(C)C)n1. The number of para-hydroxylation sites is 1. The average molecular weight is 257 g/mol. The van der Waals surface area contributed by atoms with Gasteiger partial charge in [0.1, 0.15) is 5.75 Å². The number of nitrogens with zero attached hydrogens (tertiary/aromatic N) is 2. The van der Waals surface area contributed by atoms with E-state index in [1.807, 2.05) is 31.2 Å². The summed E-state index contributed by atoms with van der Waals surface area (Å²) < 4.78 is 5.90. The van der Waals surface area contributed by atoms with Crippen molar-refractivity contribution >= 4 is 5.95 Å². The molecule has 0 saturated carbocycles. The molecule has 0 aliphatic carbocycles. The lowest BCUT2D eigenvalue weighted by molar-refractivity contribution is 0.453. The van der Waals surface area contributed by atoms with E-state index in [9.17, 15) is 0 Å². The van der Waals surface area contributed by atoms with E-state index in [2.05, 4.69) is 35.2 Å². The third-order valence-corrected chi connectivity index (χ3v) is 2.81. The van der Waals surface area contributed by atoms with Gasteiger partial charge in [-0.3, -0.25) is 0 Å². The van der Waals surface area contributed by atoms with E-state index >= 15 is 0 Å². The summed E-state index contributed by atoms with van der Waals surface area (Å²) in [6.45, 7) is 6.21. The Kier molecular flexibility index (Phi) is 4.00. The van der Waals surface area contributed by atoms with Gasteiger partial charge in [-0.15, -0.1) is 0 Å². The highest BCUT2D eigenvalue weighted by molar-refractivity contribution is 5.39. The Morgan fingerprint density at radius 2 is 1.89 bits per heavy atom. The van der Waals surface area contributed by atoms with Crippen molar-refractivity contribution in [1.82, 2.24) is 9.97 Å². The molecular weight excluding hydrogens is 238 g/mol. The first-order valence-corrected chi connectivity index (χ1v) is 6.40. The van der Waals surface area contributed by atoms with Crippen molar-refractivity contribution in [2.24, 2.45) is 0 Å². The van der Waals surface area contributed by atoms with Crippen LogP contribution in [0.1, 0.15) is 31.0 Å². The molecule has 19 heavy (non-hydrogen) atoms. The van der Waals surface area contributed by atoms with Crippen molar-refractivity contribution < 1.29 is 4.74 Å². The molecule has 0 amide bonds. The van der Waals surface area contributed by atoms with Gasteiger partial charge in [0.15, 0.2) is 0 Å². The molecule has 1 N–H and O–H groups in total. The maximum Gasteiger partial charge on any atom is 0.225 e. The molecule has 0 fully saturated rings. The minimum atomic E-state index is 0.405. The van der Waals surface area contributed by atoms with E-state index in [0.717, 1.165) is 11.4 Å². The number of ether oxygens (including phenoxy) is 1. The summed E-state index contributed by atoms with van der Waals surface area (Å²) in [5.41, 5.74) is 2.04. The van der Waals surface area contributed by atoms with Crippen LogP contribution in [0.2, 0.25) is 0 Å². The summed E-state index contributed by atoms with van der Waals surface area (Å²) in [4.78, 5) is 8.55. The van der Waals surface area contributed by atoms with Crippen LogP contribution >= 0.6 is 0 Å². The lowest BCUT2D eigenvalue weighted by Crippen LogP contribution is -2.01. The molecule has 0 unspecified atom stereocenters. The van der Waals surface area contributed by atoms with Crippen LogP contribution in [-0.2, 0) is 0 Å². The lowest BCUT2D eigenvalue weighted by Gasteiger charge is -2.13. The molecule has 100 valence electrons. The van der Waals surface area contributed by atoms with Crippen molar-refractivity contribution in [3.63, 3.8) is 0 Å². The van der Waals surface area contributed by atoms with Gasteiger partial charge in [0.2, 0.25) is 11.8 Å². The molecule has 0 spiro atoms. The molecule has 4 nitrogen and oxygen atoms in total. The molecule has 4 heteroatoms. The van der Waals surface area contributed by atoms with Crippen molar-refractivity contribution in [2.75, 3.05) is 12.4 Å². The van der Waals surface area contributed by atoms with Gasteiger partial charge in [-0.2, -0.15) is 4.98 Å². The highest BCUT2D eigenvalue weighted by Crippen LogP contribution is 2.29. The molecule has 0 bridgehead atoms. The maximum atomic E-state index is 5.90. The number of anilines is 1. The van der Waals surface area contributed by atoms with Gasteiger partial charge in [0, 0.05) is 18.8 Å². The zero-order valence-electron chi connectivity index (χ0n) is 11.8. The molecule has 2 rings (SSSR count). The molecule has 1 aromatic carbocycles. The van der Waals surface area contributed by atoms with Crippen LogP contribution in [-0.4, -0.2) is 17.0 Å². The predicted molar refractivity (Wildman–Crippen MR) is 76.9 cm³/mol. The second-order valence-electron chi connectivity index (χ2n) is 4.72. The minimum absolute atomic E-state index is 0.405. The van der Waals surface area contributed by atoms with Gasteiger partial charge in [0.25, 0.3) is 0 Å². The van der Waals surface area contributed by atoms with E-state index in [1.165, 1.54) is 5.56 Å². The number of benzene rings is 1. The molecular formula is C15H19N3O. The van der Waals surface area contributed by atoms with Crippen molar-refractivity contribution in [3.05, 3.63) is 41.6 Å². The molecule has 2 aromatic rings. The van der Waals surface area contributed by atoms with Gasteiger partial charge in [-0.25, -0.2) is 4.98 Å². The highest BCUT2D eigenvalue weighted by atomic mass is 16.5. The van der Waals surface area contributed by atoms with Gasteiger partial charge in [-0.1, -0.05) is 32.0 Å². The van der Waals surface area contributed by atoms with E-state index in [4.69, 9.17) is 4.74 Å². The normalized spacial score (nSPS) is 10.6. The molecule has 0 atom stereocenters. The summed E-state index contributed by atoms with van der Waals surface area (Å²) in [6.07, 6.45) is 0. The zero-order valence-corrected chi connectivity index (χ0v) is 11.8. The van der Waals surface area contributed by atoms with Crippen LogP contribution in [0.15, 0.2) is 30.3 Å². The maximum absolute atomic E-state index is 5.90. The molecule has 0 saturated heterocycles. The number of nitrogens with one attached hydrogen (secondary N) is 1. The summed E-state index contributed by atoms with van der Waals surface area (Å²) in [5, 5.41) is 2.93. The van der Waals surface area contributed by atoms with Gasteiger partial charge >= 0.3 is 0 Å². The van der Waals surface area contributed by atoms with Crippen LogP contribution < -0.4 is 10.1 Å². The van der Waals surface area contributed by atoms with Gasteiger partial charge in [0.05, 0.1) is 0 Å². The zero-order chi connectivity index (χ0) is 13.8. The Hall–Kier alpha value is -2.10. The predicted octanol–water partition coefficient (Wildman–Crippen LogP) is 3.74. The Morgan fingerprint density at radius 1 is 1.16 bits per heavy atom. The van der Waals surface area contributed by atoms with Crippen molar-refractivity contribution in [1.29, 1.82) is 0 Å². The van der Waals surface area contributed by atoms with Gasteiger partial charge < -0.3 is 10.1 Å². The monoisotopic (exact) mass is 257 g/mol. The average Bonchev–Trinajstić information content (AvgIpc) is 2.38. The van der Waals surface area contributed by atoms with E-state index in [1.54, 1.807) is 7.05 Å². The molecule has 0 aliphatic rings. The summed E-state index contributed by atoms with van der Waals surface area (Å²) in [5.74, 6) is 2.38. The topological polar surface area (TPSA) is 47.0 Å². The molecule has 1 heterocycles. The first-order chi connectivity index (χ1) is 9.10. The largest absolute Gasteiger partial charge is 0.439 e. The second kappa shape index (κ2) is 5.69. The molecule has 1 aromatic heterocycles. The Bertz CT molecular complexity index is 567. The van der Waals surface area contributed by atoms with E-state index in [-0.39, 0.29) is 0 Å². The van der Waals surface area contributed by atoms with Crippen LogP contribution in [0.5, 0.6) is 11.6 Å². The van der Waals surface area contributed by atoms with Crippen molar-refractivity contribution in [2.45, 2.75) is 26.7 Å². The van der Waals surface area contributed by atoms with Crippen LogP contribution in [0.25, 0.3) is 0 Å². The smallest absolute Gasteiger partial charge is 0.225 e.